The number of benzene rings is 1. The highest BCUT2D eigenvalue weighted by Gasteiger charge is 2.45. The molecule has 3 heterocycles. The lowest BCUT2D eigenvalue weighted by atomic mass is 9.92. The normalized spacial score (nSPS) is 20.9. The molecule has 2 aliphatic heterocycles. The number of hydrogen-bond donors (Lipinski definition) is 0. The quantitative estimate of drug-likeness (QED) is 0.769. The molecule has 2 amide bonds. The molecule has 0 bridgehead atoms. The minimum Gasteiger partial charge on any atom is -0.424 e. The average Bonchev–Trinajstić information content (AvgIpc) is 3.13. The van der Waals surface area contributed by atoms with Gasteiger partial charge in [0, 0.05) is 6.42 Å². The molecule has 2 aromatic rings. The Morgan fingerprint density at radius 3 is 2.63 bits per heavy atom. The van der Waals surface area contributed by atoms with Crippen molar-refractivity contribution >= 4 is 17.5 Å². The Labute approximate surface area is 157 Å². The van der Waals surface area contributed by atoms with Gasteiger partial charge >= 0.3 is 6.01 Å². The second-order valence-electron chi connectivity index (χ2n) is 7.49. The summed E-state index contributed by atoms with van der Waals surface area (Å²) in [5.41, 5.74) is 1.95. The van der Waals surface area contributed by atoms with Crippen LogP contribution < -0.4 is 9.64 Å². The Balaban J connectivity index is 1.52. The van der Waals surface area contributed by atoms with Crippen LogP contribution in [0.1, 0.15) is 50.8 Å². The standard InChI is InChI=1S/C20H21N3O4/c1-4-16-15-7-14(6-5-12(15)11-26-16)27-19-21-9-13(10-22-19)23-17(24)8-20(2,3)18(23)25/h5-7,9-10,16H,4,8,11H2,1-3H3. The largest absolute Gasteiger partial charge is 0.424 e. The number of fused-ring (bicyclic) bond motifs is 1. The molecule has 1 aromatic heterocycles. The summed E-state index contributed by atoms with van der Waals surface area (Å²) < 4.78 is 11.5. The summed E-state index contributed by atoms with van der Waals surface area (Å²) in [7, 11) is 0. The molecule has 7 heteroatoms. The van der Waals surface area contributed by atoms with Crippen LogP contribution in [0, 0.1) is 5.41 Å². The van der Waals surface area contributed by atoms with Crippen LogP contribution in [0.4, 0.5) is 5.69 Å². The van der Waals surface area contributed by atoms with Crippen LogP contribution in [0.5, 0.6) is 11.8 Å². The van der Waals surface area contributed by atoms with E-state index in [0.29, 0.717) is 18.0 Å². The van der Waals surface area contributed by atoms with Gasteiger partial charge < -0.3 is 9.47 Å². The maximum absolute atomic E-state index is 12.4. The number of aromatic nitrogens is 2. The molecule has 1 fully saturated rings. The van der Waals surface area contributed by atoms with E-state index in [1.165, 1.54) is 18.0 Å². The number of amides is 2. The summed E-state index contributed by atoms with van der Waals surface area (Å²) in [6.07, 6.45) is 4.04. The SMILES string of the molecule is CCC1OCc2ccc(Oc3ncc(N4C(=O)CC(C)(C)C4=O)cn3)cc21. The van der Waals surface area contributed by atoms with Crippen molar-refractivity contribution in [2.24, 2.45) is 5.41 Å². The van der Waals surface area contributed by atoms with Crippen LogP contribution in [0.25, 0.3) is 0 Å². The second-order valence-corrected chi connectivity index (χ2v) is 7.49. The van der Waals surface area contributed by atoms with Crippen molar-refractivity contribution in [2.45, 2.75) is 46.3 Å². The molecule has 1 saturated heterocycles. The zero-order valence-corrected chi connectivity index (χ0v) is 15.6. The van der Waals surface area contributed by atoms with E-state index in [2.05, 4.69) is 16.9 Å². The highest BCUT2D eigenvalue weighted by Crippen LogP contribution is 2.37. The maximum atomic E-state index is 12.4. The third-order valence-corrected chi connectivity index (χ3v) is 4.98. The molecule has 1 unspecified atom stereocenters. The fraction of sp³-hybridized carbons (Fsp3) is 0.400. The first-order valence-corrected chi connectivity index (χ1v) is 9.01. The maximum Gasteiger partial charge on any atom is 0.322 e. The van der Waals surface area contributed by atoms with Crippen molar-refractivity contribution in [2.75, 3.05) is 4.90 Å². The highest BCUT2D eigenvalue weighted by atomic mass is 16.5. The van der Waals surface area contributed by atoms with Gasteiger partial charge in [-0.05, 0) is 29.7 Å². The number of rotatable bonds is 4. The summed E-state index contributed by atoms with van der Waals surface area (Å²) >= 11 is 0. The third-order valence-electron chi connectivity index (χ3n) is 4.98. The molecule has 0 saturated carbocycles. The number of carbonyl (C=O) groups is 2. The minimum atomic E-state index is -0.700. The Bertz CT molecular complexity index is 908. The van der Waals surface area contributed by atoms with Gasteiger partial charge in [-0.2, -0.15) is 0 Å². The van der Waals surface area contributed by atoms with E-state index >= 15 is 0 Å². The lowest BCUT2D eigenvalue weighted by molar-refractivity contribution is -0.124. The molecule has 7 nitrogen and oxygen atoms in total. The van der Waals surface area contributed by atoms with Gasteiger partial charge in [0.25, 0.3) is 0 Å². The number of ether oxygens (including phenoxy) is 2. The summed E-state index contributed by atoms with van der Waals surface area (Å²) in [4.78, 5) is 34.0. The molecular formula is C20H21N3O4. The van der Waals surface area contributed by atoms with Crippen molar-refractivity contribution in [3.05, 3.63) is 41.7 Å². The van der Waals surface area contributed by atoms with E-state index in [0.717, 1.165) is 16.9 Å². The van der Waals surface area contributed by atoms with Crippen LogP contribution >= 0.6 is 0 Å². The van der Waals surface area contributed by atoms with Gasteiger partial charge in [-0.15, -0.1) is 0 Å². The van der Waals surface area contributed by atoms with E-state index in [-0.39, 0.29) is 30.3 Å². The Morgan fingerprint density at radius 1 is 1.26 bits per heavy atom. The molecule has 1 aromatic carbocycles. The van der Waals surface area contributed by atoms with Gasteiger partial charge in [-0.25, -0.2) is 14.9 Å². The molecule has 4 rings (SSSR count). The molecular weight excluding hydrogens is 346 g/mol. The molecule has 0 radical (unpaired) electrons. The van der Waals surface area contributed by atoms with Gasteiger partial charge in [0.15, 0.2) is 0 Å². The van der Waals surface area contributed by atoms with E-state index in [1.54, 1.807) is 13.8 Å². The fourth-order valence-corrected chi connectivity index (χ4v) is 3.48. The molecule has 27 heavy (non-hydrogen) atoms. The Morgan fingerprint density at radius 2 is 2.00 bits per heavy atom. The smallest absolute Gasteiger partial charge is 0.322 e. The average molecular weight is 367 g/mol. The number of hydrogen-bond acceptors (Lipinski definition) is 6. The van der Waals surface area contributed by atoms with Crippen LogP contribution in [0.2, 0.25) is 0 Å². The first-order valence-electron chi connectivity index (χ1n) is 9.01. The Hall–Kier alpha value is -2.80. The van der Waals surface area contributed by atoms with Gasteiger partial charge in [0.1, 0.15) is 5.75 Å². The topological polar surface area (TPSA) is 81.6 Å². The third kappa shape index (κ3) is 3.08. The van der Waals surface area contributed by atoms with Crippen molar-refractivity contribution in [3.8, 4) is 11.8 Å². The number of nitrogens with zero attached hydrogens (tertiary/aromatic N) is 3. The number of anilines is 1. The summed E-state index contributed by atoms with van der Waals surface area (Å²) in [6, 6.07) is 5.94. The molecule has 0 N–H and O–H groups in total. The number of carbonyl (C=O) groups excluding carboxylic acids is 2. The number of imide groups is 1. The minimum absolute atomic E-state index is 0.0855. The van der Waals surface area contributed by atoms with Crippen molar-refractivity contribution in [1.82, 2.24) is 9.97 Å². The van der Waals surface area contributed by atoms with Gasteiger partial charge in [0.05, 0.1) is 36.2 Å². The zero-order chi connectivity index (χ0) is 19.2. The van der Waals surface area contributed by atoms with Crippen molar-refractivity contribution in [3.63, 3.8) is 0 Å². The molecule has 0 aliphatic carbocycles. The van der Waals surface area contributed by atoms with Gasteiger partial charge in [0.2, 0.25) is 11.8 Å². The summed E-state index contributed by atoms with van der Waals surface area (Å²) in [5.74, 6) is 0.139. The summed E-state index contributed by atoms with van der Waals surface area (Å²) in [5, 5.41) is 0. The molecule has 1 atom stereocenters. The molecule has 0 spiro atoms. The first kappa shape index (κ1) is 17.6. The van der Waals surface area contributed by atoms with E-state index < -0.39 is 5.41 Å². The predicted octanol–water partition coefficient (Wildman–Crippen LogP) is 3.54. The zero-order valence-electron chi connectivity index (χ0n) is 15.6. The molecule has 140 valence electrons. The van der Waals surface area contributed by atoms with E-state index in [1.807, 2.05) is 18.2 Å². The summed E-state index contributed by atoms with van der Waals surface area (Å²) in [6.45, 7) is 6.21. The molecule has 2 aliphatic rings. The van der Waals surface area contributed by atoms with Gasteiger partial charge in [-0.1, -0.05) is 26.8 Å². The van der Waals surface area contributed by atoms with Crippen LogP contribution in [-0.4, -0.2) is 21.8 Å². The fourth-order valence-electron chi connectivity index (χ4n) is 3.48. The highest BCUT2D eigenvalue weighted by molar-refractivity contribution is 6.22. The monoisotopic (exact) mass is 367 g/mol. The van der Waals surface area contributed by atoms with Crippen molar-refractivity contribution in [1.29, 1.82) is 0 Å². The Kier molecular flexibility index (Phi) is 4.19. The van der Waals surface area contributed by atoms with E-state index in [4.69, 9.17) is 9.47 Å². The second kappa shape index (κ2) is 6.42. The van der Waals surface area contributed by atoms with Crippen LogP contribution in [0.15, 0.2) is 30.6 Å². The lowest BCUT2D eigenvalue weighted by Gasteiger charge is -2.17. The lowest BCUT2D eigenvalue weighted by Crippen LogP contribution is -2.33. The first-order chi connectivity index (χ1) is 12.9. The van der Waals surface area contributed by atoms with Gasteiger partial charge in [-0.3, -0.25) is 9.59 Å². The van der Waals surface area contributed by atoms with E-state index in [9.17, 15) is 9.59 Å². The van der Waals surface area contributed by atoms with Crippen molar-refractivity contribution < 1.29 is 19.1 Å². The van der Waals surface area contributed by atoms with Crippen LogP contribution in [0.3, 0.4) is 0 Å². The predicted molar refractivity (Wildman–Crippen MR) is 97.3 cm³/mol. The van der Waals surface area contributed by atoms with Crippen LogP contribution in [-0.2, 0) is 20.9 Å².